The van der Waals surface area contributed by atoms with Gasteiger partial charge in [-0.1, -0.05) is 36.8 Å². The summed E-state index contributed by atoms with van der Waals surface area (Å²) in [6.07, 6.45) is 3.96. The second kappa shape index (κ2) is 4.91. The van der Waals surface area contributed by atoms with E-state index in [4.69, 9.17) is 0 Å². The molecule has 0 heterocycles. The first-order valence-corrected chi connectivity index (χ1v) is 6.50. The zero-order valence-electron chi connectivity index (χ0n) is 10.8. The van der Waals surface area contributed by atoms with Gasteiger partial charge in [-0.15, -0.1) is 0 Å². The van der Waals surface area contributed by atoms with Crippen molar-refractivity contribution in [1.82, 2.24) is 5.32 Å². The Kier molecular flexibility index (Phi) is 3.51. The van der Waals surface area contributed by atoms with Gasteiger partial charge in [0.15, 0.2) is 0 Å². The third-order valence-corrected chi connectivity index (χ3v) is 3.59. The van der Waals surface area contributed by atoms with Crippen molar-refractivity contribution in [3.8, 4) is 0 Å². The summed E-state index contributed by atoms with van der Waals surface area (Å²) in [5.74, 6) is 0.187. The second-order valence-corrected chi connectivity index (χ2v) is 5.18. The van der Waals surface area contributed by atoms with Crippen molar-refractivity contribution in [1.29, 1.82) is 0 Å². The van der Waals surface area contributed by atoms with E-state index in [1.807, 2.05) is 6.92 Å². The fraction of sp³-hybridized carbons (Fsp3) is 0.533. The summed E-state index contributed by atoms with van der Waals surface area (Å²) in [5, 5.41) is 3.07. The van der Waals surface area contributed by atoms with Crippen LogP contribution in [0.15, 0.2) is 24.3 Å². The molecule has 1 N–H and O–H groups in total. The number of amides is 1. The first-order chi connectivity index (χ1) is 8.16. The summed E-state index contributed by atoms with van der Waals surface area (Å²) in [6, 6.07) is 8.67. The number of hydrogen-bond acceptors (Lipinski definition) is 1. The minimum atomic E-state index is 0.187. The Balaban J connectivity index is 1.98. The molecule has 0 unspecified atom stereocenters. The molecule has 1 aliphatic carbocycles. The monoisotopic (exact) mass is 231 g/mol. The molecule has 17 heavy (non-hydrogen) atoms. The molecule has 0 atom stereocenters. The van der Waals surface area contributed by atoms with Crippen LogP contribution in [0.4, 0.5) is 0 Å². The summed E-state index contributed by atoms with van der Waals surface area (Å²) in [7, 11) is 0. The molecule has 1 aliphatic rings. The van der Waals surface area contributed by atoms with E-state index in [-0.39, 0.29) is 11.3 Å². The number of carbonyl (C=O) groups excluding carboxylic acids is 1. The number of hydrogen-bond donors (Lipinski definition) is 1. The van der Waals surface area contributed by atoms with Crippen LogP contribution in [0.2, 0.25) is 0 Å². The van der Waals surface area contributed by atoms with Crippen molar-refractivity contribution in [3.05, 3.63) is 35.4 Å². The molecule has 2 rings (SSSR count). The molecule has 0 spiro atoms. The molecule has 0 aromatic heterocycles. The normalized spacial score (nSPS) is 16.6. The summed E-state index contributed by atoms with van der Waals surface area (Å²) < 4.78 is 0. The van der Waals surface area contributed by atoms with Crippen LogP contribution in [0.25, 0.3) is 0 Å². The predicted octanol–water partition coefficient (Wildman–Crippen LogP) is 2.94. The van der Waals surface area contributed by atoms with E-state index in [9.17, 15) is 4.79 Å². The zero-order chi connectivity index (χ0) is 12.3. The van der Waals surface area contributed by atoms with Crippen molar-refractivity contribution in [2.75, 3.05) is 6.54 Å². The Hall–Kier alpha value is -1.31. The van der Waals surface area contributed by atoms with E-state index in [1.54, 1.807) is 0 Å². The van der Waals surface area contributed by atoms with Crippen LogP contribution >= 0.6 is 0 Å². The number of rotatable bonds is 5. The lowest BCUT2D eigenvalue weighted by Gasteiger charge is -2.17. The lowest BCUT2D eigenvalue weighted by atomic mass is 9.94. The lowest BCUT2D eigenvalue weighted by Crippen LogP contribution is -2.31. The van der Waals surface area contributed by atoms with Gasteiger partial charge in [0.2, 0.25) is 5.91 Å². The summed E-state index contributed by atoms with van der Waals surface area (Å²) in [6.45, 7) is 4.96. The molecule has 1 amide bonds. The van der Waals surface area contributed by atoms with Gasteiger partial charge in [0.05, 0.1) is 0 Å². The van der Waals surface area contributed by atoms with Gasteiger partial charge in [0.1, 0.15) is 0 Å². The Morgan fingerprint density at radius 3 is 2.76 bits per heavy atom. The fourth-order valence-electron chi connectivity index (χ4n) is 2.28. The summed E-state index contributed by atoms with van der Waals surface area (Å²) in [4.78, 5) is 11.5. The maximum atomic E-state index is 11.5. The van der Waals surface area contributed by atoms with Crippen LogP contribution in [-0.2, 0) is 10.2 Å². The Morgan fingerprint density at radius 1 is 1.41 bits per heavy atom. The number of aryl methyl sites for hydroxylation is 1. The molecule has 2 heteroatoms. The maximum Gasteiger partial charge on any atom is 0.220 e. The highest BCUT2D eigenvalue weighted by Gasteiger charge is 2.44. The van der Waals surface area contributed by atoms with Crippen LogP contribution in [-0.4, -0.2) is 12.5 Å². The van der Waals surface area contributed by atoms with Gasteiger partial charge in [-0.25, -0.2) is 0 Å². The molecule has 2 nitrogen and oxygen atoms in total. The van der Waals surface area contributed by atoms with Crippen molar-refractivity contribution >= 4 is 5.91 Å². The second-order valence-electron chi connectivity index (χ2n) is 5.18. The van der Waals surface area contributed by atoms with E-state index >= 15 is 0 Å². The summed E-state index contributed by atoms with van der Waals surface area (Å²) in [5.41, 5.74) is 2.91. The number of nitrogens with one attached hydrogen (secondary N) is 1. The van der Waals surface area contributed by atoms with Gasteiger partial charge in [-0.3, -0.25) is 4.79 Å². The topological polar surface area (TPSA) is 29.1 Å². The Morgan fingerprint density at radius 2 is 2.18 bits per heavy atom. The number of benzene rings is 1. The highest BCUT2D eigenvalue weighted by Crippen LogP contribution is 2.47. The molecule has 0 aliphatic heterocycles. The van der Waals surface area contributed by atoms with Crippen LogP contribution in [0.3, 0.4) is 0 Å². The van der Waals surface area contributed by atoms with Crippen molar-refractivity contribution < 1.29 is 4.79 Å². The molecule has 1 saturated carbocycles. The molecule has 0 radical (unpaired) electrons. The lowest BCUT2D eigenvalue weighted by molar-refractivity contribution is -0.121. The molecule has 0 bridgehead atoms. The van der Waals surface area contributed by atoms with E-state index in [2.05, 4.69) is 36.5 Å². The van der Waals surface area contributed by atoms with E-state index in [1.165, 1.54) is 24.0 Å². The quantitative estimate of drug-likeness (QED) is 0.829. The highest BCUT2D eigenvalue weighted by molar-refractivity contribution is 5.76. The minimum absolute atomic E-state index is 0.187. The highest BCUT2D eigenvalue weighted by atomic mass is 16.1. The Bertz CT molecular complexity index is 407. The molecule has 1 fully saturated rings. The van der Waals surface area contributed by atoms with E-state index < -0.39 is 0 Å². The SMILES string of the molecule is CCCC(=O)NCC1(c2cccc(C)c2)CC1. The molecule has 92 valence electrons. The van der Waals surface area contributed by atoms with Crippen molar-refractivity contribution in [2.45, 2.75) is 44.9 Å². The van der Waals surface area contributed by atoms with Gasteiger partial charge in [0.25, 0.3) is 0 Å². The largest absolute Gasteiger partial charge is 0.355 e. The molecule has 0 saturated heterocycles. The minimum Gasteiger partial charge on any atom is -0.355 e. The van der Waals surface area contributed by atoms with Gasteiger partial charge < -0.3 is 5.32 Å². The van der Waals surface area contributed by atoms with Gasteiger partial charge in [-0.2, -0.15) is 0 Å². The van der Waals surface area contributed by atoms with Crippen LogP contribution in [0.5, 0.6) is 0 Å². The van der Waals surface area contributed by atoms with Crippen LogP contribution < -0.4 is 5.32 Å². The van der Waals surface area contributed by atoms with Crippen LogP contribution in [0.1, 0.15) is 43.7 Å². The smallest absolute Gasteiger partial charge is 0.220 e. The van der Waals surface area contributed by atoms with Gasteiger partial charge >= 0.3 is 0 Å². The first kappa shape index (κ1) is 12.2. The molecular formula is C15H21NO. The third kappa shape index (κ3) is 2.87. The van der Waals surface area contributed by atoms with Crippen molar-refractivity contribution in [3.63, 3.8) is 0 Å². The average Bonchev–Trinajstić information content (AvgIpc) is 3.08. The van der Waals surface area contributed by atoms with Crippen molar-refractivity contribution in [2.24, 2.45) is 0 Å². The van der Waals surface area contributed by atoms with Gasteiger partial charge in [0, 0.05) is 18.4 Å². The third-order valence-electron chi connectivity index (χ3n) is 3.59. The standard InChI is InChI=1S/C15H21NO/c1-3-5-14(17)16-11-15(8-9-15)13-7-4-6-12(2)10-13/h4,6-7,10H,3,5,8-9,11H2,1-2H3,(H,16,17). The fourth-order valence-corrected chi connectivity index (χ4v) is 2.28. The maximum absolute atomic E-state index is 11.5. The molecule has 1 aromatic carbocycles. The van der Waals surface area contributed by atoms with Crippen LogP contribution in [0, 0.1) is 6.92 Å². The van der Waals surface area contributed by atoms with Gasteiger partial charge in [-0.05, 0) is 31.7 Å². The predicted molar refractivity (Wildman–Crippen MR) is 70.0 cm³/mol. The first-order valence-electron chi connectivity index (χ1n) is 6.50. The van der Waals surface area contributed by atoms with E-state index in [0.717, 1.165) is 13.0 Å². The summed E-state index contributed by atoms with van der Waals surface area (Å²) >= 11 is 0. The van der Waals surface area contributed by atoms with E-state index in [0.29, 0.717) is 6.42 Å². The Labute approximate surface area is 103 Å². The number of carbonyl (C=O) groups is 1. The molecule has 1 aromatic rings. The zero-order valence-corrected chi connectivity index (χ0v) is 10.8. The molecular weight excluding hydrogens is 210 g/mol. The average molecular weight is 231 g/mol.